The molecule has 0 N–H and O–H groups in total. The molecule has 0 atom stereocenters. The van der Waals surface area contributed by atoms with Crippen molar-refractivity contribution in [3.63, 3.8) is 0 Å². The summed E-state index contributed by atoms with van der Waals surface area (Å²) in [5, 5.41) is 0. The normalized spacial score (nSPS) is 11.0. The van der Waals surface area contributed by atoms with E-state index < -0.39 is 6.61 Å². The summed E-state index contributed by atoms with van der Waals surface area (Å²) in [4.78, 5) is 3.92. The van der Waals surface area contributed by atoms with Gasteiger partial charge in [0.25, 0.3) is 0 Å². The number of halogens is 2. The van der Waals surface area contributed by atoms with Crippen LogP contribution in [0.25, 0.3) is 5.65 Å². The van der Waals surface area contributed by atoms with E-state index in [-0.39, 0.29) is 5.75 Å². The molecule has 0 bridgehead atoms. The first-order valence-corrected chi connectivity index (χ1v) is 3.63. The van der Waals surface area contributed by atoms with Gasteiger partial charge in [-0.15, -0.1) is 0 Å². The molecule has 13 heavy (non-hydrogen) atoms. The molecule has 2 rings (SSSR count). The van der Waals surface area contributed by atoms with Crippen LogP contribution < -0.4 is 4.74 Å². The van der Waals surface area contributed by atoms with Crippen LogP contribution in [0.3, 0.4) is 0 Å². The predicted molar refractivity (Wildman–Crippen MR) is 41.8 cm³/mol. The van der Waals surface area contributed by atoms with Crippen LogP contribution in [0.2, 0.25) is 0 Å². The van der Waals surface area contributed by atoms with Crippen molar-refractivity contribution in [3.8, 4) is 5.75 Å². The van der Waals surface area contributed by atoms with Crippen LogP contribution in [0, 0.1) is 0 Å². The Morgan fingerprint density at radius 3 is 3.00 bits per heavy atom. The molecule has 2 aromatic heterocycles. The van der Waals surface area contributed by atoms with E-state index in [1.54, 1.807) is 23.0 Å². The number of nitrogens with zero attached hydrogens (tertiary/aromatic N) is 2. The van der Waals surface area contributed by atoms with Crippen molar-refractivity contribution in [1.29, 1.82) is 0 Å². The Kier molecular flexibility index (Phi) is 1.84. The molecule has 0 aromatic carbocycles. The maximum absolute atomic E-state index is 11.8. The smallest absolute Gasteiger partial charge is 0.387 e. The second-order valence-corrected chi connectivity index (χ2v) is 2.43. The van der Waals surface area contributed by atoms with Crippen LogP contribution in [-0.2, 0) is 0 Å². The van der Waals surface area contributed by atoms with Gasteiger partial charge in [0.2, 0.25) is 0 Å². The van der Waals surface area contributed by atoms with E-state index in [4.69, 9.17) is 0 Å². The standard InChI is InChI=1S/C8H6F2N2O/c9-8(10)13-6-1-3-12-4-2-11-7(12)5-6/h1-5,8H. The highest BCUT2D eigenvalue weighted by Gasteiger charge is 2.04. The van der Waals surface area contributed by atoms with E-state index in [9.17, 15) is 8.78 Å². The maximum atomic E-state index is 11.8. The molecule has 3 nitrogen and oxygen atoms in total. The quantitative estimate of drug-likeness (QED) is 0.712. The molecule has 0 fully saturated rings. The molecule has 0 amide bonds. The van der Waals surface area contributed by atoms with Crippen molar-refractivity contribution < 1.29 is 13.5 Å². The number of hydrogen-bond acceptors (Lipinski definition) is 2. The number of rotatable bonds is 2. The lowest BCUT2D eigenvalue weighted by atomic mass is 10.4. The van der Waals surface area contributed by atoms with Crippen molar-refractivity contribution >= 4 is 5.65 Å². The summed E-state index contributed by atoms with van der Waals surface area (Å²) in [5.74, 6) is 0.119. The number of fused-ring (bicyclic) bond motifs is 1. The third kappa shape index (κ3) is 1.58. The lowest BCUT2D eigenvalue weighted by Crippen LogP contribution is -2.02. The lowest BCUT2D eigenvalue weighted by molar-refractivity contribution is -0.0498. The van der Waals surface area contributed by atoms with Crippen LogP contribution in [0.1, 0.15) is 0 Å². The summed E-state index contributed by atoms with van der Waals surface area (Å²) in [6.45, 7) is -2.79. The molecular weight excluding hydrogens is 178 g/mol. The first-order valence-electron chi connectivity index (χ1n) is 3.63. The molecular formula is C8H6F2N2O. The fraction of sp³-hybridized carbons (Fsp3) is 0.125. The van der Waals surface area contributed by atoms with Crippen LogP contribution in [0.5, 0.6) is 5.75 Å². The molecule has 0 radical (unpaired) electrons. The van der Waals surface area contributed by atoms with Crippen LogP contribution in [-0.4, -0.2) is 16.0 Å². The summed E-state index contributed by atoms with van der Waals surface area (Å²) in [5.41, 5.74) is 0.582. The lowest BCUT2D eigenvalue weighted by Gasteiger charge is -2.03. The summed E-state index contributed by atoms with van der Waals surface area (Å²) in [7, 11) is 0. The molecule has 0 saturated carbocycles. The molecule has 0 unspecified atom stereocenters. The van der Waals surface area contributed by atoms with Gasteiger partial charge < -0.3 is 9.14 Å². The number of alkyl halides is 2. The Morgan fingerprint density at radius 1 is 1.38 bits per heavy atom. The van der Waals surface area contributed by atoms with Crippen molar-refractivity contribution in [2.75, 3.05) is 0 Å². The summed E-state index contributed by atoms with van der Waals surface area (Å²) >= 11 is 0. The summed E-state index contributed by atoms with van der Waals surface area (Å²) in [6.07, 6.45) is 4.92. The van der Waals surface area contributed by atoms with Crippen molar-refractivity contribution in [1.82, 2.24) is 9.38 Å². The number of imidazole rings is 1. The van der Waals surface area contributed by atoms with E-state index >= 15 is 0 Å². The van der Waals surface area contributed by atoms with Gasteiger partial charge in [0.15, 0.2) is 0 Å². The molecule has 2 heterocycles. The molecule has 0 aliphatic carbocycles. The van der Waals surface area contributed by atoms with Crippen molar-refractivity contribution in [2.24, 2.45) is 0 Å². The van der Waals surface area contributed by atoms with E-state index in [0.717, 1.165) is 0 Å². The molecule has 0 saturated heterocycles. The first-order chi connectivity index (χ1) is 6.25. The third-order valence-electron chi connectivity index (χ3n) is 1.59. The molecule has 5 heteroatoms. The van der Waals surface area contributed by atoms with Gasteiger partial charge in [-0.2, -0.15) is 8.78 Å². The number of pyridine rings is 1. The van der Waals surface area contributed by atoms with Crippen LogP contribution >= 0.6 is 0 Å². The van der Waals surface area contributed by atoms with Gasteiger partial charge in [0.05, 0.1) is 0 Å². The highest BCUT2D eigenvalue weighted by molar-refractivity contribution is 5.43. The van der Waals surface area contributed by atoms with Crippen molar-refractivity contribution in [2.45, 2.75) is 6.61 Å². The van der Waals surface area contributed by atoms with Crippen molar-refractivity contribution in [3.05, 3.63) is 30.7 Å². The zero-order valence-corrected chi connectivity index (χ0v) is 6.52. The number of ether oxygens (including phenoxy) is 1. The maximum Gasteiger partial charge on any atom is 0.387 e. The Labute approximate surface area is 72.6 Å². The first kappa shape index (κ1) is 7.97. The fourth-order valence-electron chi connectivity index (χ4n) is 1.07. The Hall–Kier alpha value is -1.65. The van der Waals surface area contributed by atoms with E-state index in [1.165, 1.54) is 12.1 Å². The van der Waals surface area contributed by atoms with Gasteiger partial charge in [0.1, 0.15) is 11.4 Å². The zero-order valence-electron chi connectivity index (χ0n) is 6.52. The summed E-state index contributed by atoms with van der Waals surface area (Å²) < 4.78 is 29.5. The van der Waals surface area contributed by atoms with Crippen LogP contribution in [0.4, 0.5) is 8.78 Å². The fourth-order valence-corrected chi connectivity index (χ4v) is 1.07. The molecule has 0 aliphatic heterocycles. The molecule has 0 aliphatic rings. The van der Waals surface area contributed by atoms with Gasteiger partial charge >= 0.3 is 6.61 Å². The minimum Gasteiger partial charge on any atom is -0.435 e. The minimum atomic E-state index is -2.79. The Bertz CT molecular complexity index is 413. The molecule has 0 spiro atoms. The number of hydrogen-bond donors (Lipinski definition) is 0. The molecule has 68 valence electrons. The van der Waals surface area contributed by atoms with Gasteiger partial charge in [0, 0.05) is 24.7 Å². The number of aromatic nitrogens is 2. The second kappa shape index (κ2) is 3.01. The topological polar surface area (TPSA) is 26.5 Å². The average molecular weight is 184 g/mol. The molecule has 2 aromatic rings. The average Bonchev–Trinajstić information content (AvgIpc) is 2.49. The minimum absolute atomic E-state index is 0.119. The zero-order chi connectivity index (χ0) is 9.26. The highest BCUT2D eigenvalue weighted by atomic mass is 19.3. The second-order valence-electron chi connectivity index (χ2n) is 2.43. The Balaban J connectivity index is 2.37. The SMILES string of the molecule is FC(F)Oc1ccn2ccnc2c1. The largest absolute Gasteiger partial charge is 0.435 e. The van der Waals surface area contributed by atoms with E-state index in [1.807, 2.05) is 0 Å². The van der Waals surface area contributed by atoms with E-state index in [2.05, 4.69) is 9.72 Å². The highest BCUT2D eigenvalue weighted by Crippen LogP contribution is 2.15. The van der Waals surface area contributed by atoms with E-state index in [0.29, 0.717) is 5.65 Å². The van der Waals surface area contributed by atoms with Gasteiger partial charge in [-0.05, 0) is 6.07 Å². The summed E-state index contributed by atoms with van der Waals surface area (Å²) in [6, 6.07) is 2.91. The monoisotopic (exact) mass is 184 g/mol. The Morgan fingerprint density at radius 2 is 2.23 bits per heavy atom. The van der Waals surface area contributed by atoms with Gasteiger partial charge in [-0.1, -0.05) is 0 Å². The third-order valence-corrected chi connectivity index (χ3v) is 1.59. The van der Waals surface area contributed by atoms with Gasteiger partial charge in [-0.25, -0.2) is 4.98 Å². The van der Waals surface area contributed by atoms with Crippen LogP contribution in [0.15, 0.2) is 30.7 Å². The van der Waals surface area contributed by atoms with Gasteiger partial charge in [-0.3, -0.25) is 0 Å². The predicted octanol–water partition coefficient (Wildman–Crippen LogP) is 1.94.